The van der Waals surface area contributed by atoms with Crippen molar-refractivity contribution >= 4 is 11.6 Å². The fraction of sp³-hybridized carbons (Fsp3) is 0.478. The molecule has 13 heteroatoms. The molecule has 0 spiro atoms. The Labute approximate surface area is 354 Å². The lowest BCUT2D eigenvalue weighted by molar-refractivity contribution is 0.0556. The van der Waals surface area contributed by atoms with E-state index in [2.05, 4.69) is 15.1 Å². The summed E-state index contributed by atoms with van der Waals surface area (Å²) >= 11 is 5.85. The Morgan fingerprint density at radius 1 is 0.593 bits per heavy atom. The van der Waals surface area contributed by atoms with E-state index < -0.39 is 18.3 Å². The number of halogens is 1. The van der Waals surface area contributed by atoms with Crippen molar-refractivity contribution in [3.05, 3.63) is 120 Å². The van der Waals surface area contributed by atoms with Gasteiger partial charge in [0.1, 0.15) is 73.8 Å². The number of hydrogen-bond acceptors (Lipinski definition) is 12. The second-order valence-corrected chi connectivity index (χ2v) is 15.6. The molecule has 12 nitrogen and oxygen atoms in total. The Morgan fingerprint density at radius 2 is 1.00 bits per heavy atom. The first-order chi connectivity index (χ1) is 28.8. The number of ether oxygens (including phenoxy) is 5. The third-order valence-electron chi connectivity index (χ3n) is 10.0. The number of likely N-dealkylation sites (tertiary alicyclic amines) is 2. The number of benzene rings is 4. The maximum absolute atomic E-state index is 10.2. The summed E-state index contributed by atoms with van der Waals surface area (Å²) in [5.41, 5.74) is 5.85. The van der Waals surface area contributed by atoms with Crippen molar-refractivity contribution in [3.63, 3.8) is 0 Å². The standard InChI is InChI=1S/C23H31ClN2O4.C14H22N2O2.C9H10O2/c24-18-6-8-23(9-7-18)29-16-20(27)14-25-19-10-12-26(13-11-19)15-21(28)17-30-22-4-2-1-3-5-22;15-12-6-8-16(9-7-12)10-13(17)11-18-14-4-2-1-3-5-14;1-2-4-8(5-3-1)10-6-9-7-11-9/h1-9,19-21,25,27-28H,10-17H2;1-5,12-13,17H,6-11,15H2;1-5,9H,6-7H2. The molecule has 4 aromatic rings. The van der Waals surface area contributed by atoms with E-state index in [-0.39, 0.29) is 6.61 Å². The summed E-state index contributed by atoms with van der Waals surface area (Å²) in [6, 6.07) is 36.7. The molecule has 322 valence electrons. The molecule has 0 bridgehead atoms. The summed E-state index contributed by atoms with van der Waals surface area (Å²) in [5.74, 6) is 3.19. The highest BCUT2D eigenvalue weighted by atomic mass is 35.5. The van der Waals surface area contributed by atoms with E-state index in [0.717, 1.165) is 75.7 Å². The zero-order chi connectivity index (χ0) is 41.5. The topological polar surface area (TPSA) is 155 Å². The molecule has 4 aromatic carbocycles. The molecule has 7 rings (SSSR count). The van der Waals surface area contributed by atoms with Gasteiger partial charge in [0.15, 0.2) is 0 Å². The SMILES string of the molecule is NC1CCN(CC(O)COc2ccccc2)CC1.OC(CNC1CCN(CC(O)COc2ccccc2)CC1)COc1ccc(Cl)cc1.c1ccc(OCC2CO2)cc1. The van der Waals surface area contributed by atoms with Gasteiger partial charge in [-0.25, -0.2) is 0 Å². The molecule has 3 aliphatic heterocycles. The number of piperidine rings is 2. The van der Waals surface area contributed by atoms with Crippen molar-refractivity contribution in [2.24, 2.45) is 5.73 Å². The number of rotatable bonds is 19. The van der Waals surface area contributed by atoms with Crippen LogP contribution in [0.4, 0.5) is 0 Å². The van der Waals surface area contributed by atoms with Crippen LogP contribution in [0.1, 0.15) is 25.7 Å². The van der Waals surface area contributed by atoms with E-state index in [1.54, 1.807) is 24.3 Å². The van der Waals surface area contributed by atoms with Gasteiger partial charge >= 0.3 is 0 Å². The number of hydrogen-bond donors (Lipinski definition) is 5. The quantitative estimate of drug-likeness (QED) is 0.0818. The number of nitrogens with two attached hydrogens (primary N) is 1. The number of nitrogens with one attached hydrogen (secondary N) is 1. The van der Waals surface area contributed by atoms with Crippen LogP contribution in [-0.4, -0.2) is 140 Å². The Kier molecular flexibility index (Phi) is 20.6. The van der Waals surface area contributed by atoms with E-state index in [1.165, 1.54) is 0 Å². The Morgan fingerprint density at radius 3 is 1.46 bits per heavy atom. The van der Waals surface area contributed by atoms with Crippen molar-refractivity contribution < 1.29 is 39.0 Å². The predicted octanol–water partition coefficient (Wildman–Crippen LogP) is 4.89. The molecule has 0 aromatic heterocycles. The first kappa shape index (κ1) is 46.1. The van der Waals surface area contributed by atoms with E-state index >= 15 is 0 Å². The van der Waals surface area contributed by atoms with Gasteiger partial charge < -0.3 is 59.9 Å². The van der Waals surface area contributed by atoms with Crippen LogP contribution in [0.3, 0.4) is 0 Å². The lowest BCUT2D eigenvalue weighted by atomic mass is 10.0. The first-order valence-corrected chi connectivity index (χ1v) is 21.2. The van der Waals surface area contributed by atoms with E-state index in [1.807, 2.05) is 91.0 Å². The third-order valence-corrected chi connectivity index (χ3v) is 10.3. The normalized spacial score (nSPS) is 18.8. The number of aliphatic hydroxyl groups is 3. The minimum absolute atomic E-state index is 0.237. The second-order valence-electron chi connectivity index (χ2n) is 15.2. The lowest BCUT2D eigenvalue weighted by Gasteiger charge is -2.33. The Hall–Kier alpha value is -3.95. The maximum atomic E-state index is 10.2. The van der Waals surface area contributed by atoms with E-state index in [0.29, 0.717) is 68.4 Å². The fourth-order valence-electron chi connectivity index (χ4n) is 6.53. The third kappa shape index (κ3) is 19.8. The van der Waals surface area contributed by atoms with Crippen LogP contribution >= 0.6 is 11.6 Å². The van der Waals surface area contributed by atoms with Gasteiger partial charge in [-0.05, 0) is 113 Å². The van der Waals surface area contributed by atoms with Gasteiger partial charge in [0.05, 0.1) is 6.61 Å². The smallest absolute Gasteiger partial charge is 0.119 e. The van der Waals surface area contributed by atoms with Gasteiger partial charge in [-0.2, -0.15) is 0 Å². The van der Waals surface area contributed by atoms with Crippen LogP contribution in [0.5, 0.6) is 23.0 Å². The molecule has 3 heterocycles. The van der Waals surface area contributed by atoms with Crippen LogP contribution in [0.2, 0.25) is 5.02 Å². The second kappa shape index (κ2) is 26.3. The molecule has 0 radical (unpaired) electrons. The largest absolute Gasteiger partial charge is 0.491 e. The molecular formula is C46H63ClN4O8. The average molecular weight is 835 g/mol. The molecule has 0 aliphatic carbocycles. The van der Waals surface area contributed by atoms with Crippen LogP contribution in [-0.2, 0) is 4.74 Å². The molecule has 3 fully saturated rings. The van der Waals surface area contributed by atoms with Crippen LogP contribution in [0.25, 0.3) is 0 Å². The molecule has 3 saturated heterocycles. The van der Waals surface area contributed by atoms with E-state index in [9.17, 15) is 15.3 Å². The number of β-amino-alcohol motifs (C(OH)–C–C–N with tert-alkyl or cyclic N) is 2. The number of aliphatic hydroxyl groups excluding tert-OH is 3. The highest BCUT2D eigenvalue weighted by Crippen LogP contribution is 2.17. The Balaban J connectivity index is 0.000000191. The summed E-state index contributed by atoms with van der Waals surface area (Å²) in [4.78, 5) is 4.51. The van der Waals surface area contributed by atoms with Crippen molar-refractivity contribution in [3.8, 4) is 23.0 Å². The van der Waals surface area contributed by atoms with Crippen molar-refractivity contribution in [1.29, 1.82) is 0 Å². The van der Waals surface area contributed by atoms with Crippen molar-refractivity contribution in [2.45, 2.75) is 62.2 Å². The van der Waals surface area contributed by atoms with Gasteiger partial charge in [0.25, 0.3) is 0 Å². The molecule has 6 N–H and O–H groups in total. The van der Waals surface area contributed by atoms with Gasteiger partial charge in [0.2, 0.25) is 0 Å². The van der Waals surface area contributed by atoms with Gasteiger partial charge in [-0.3, -0.25) is 0 Å². The number of nitrogens with zero attached hydrogens (tertiary/aromatic N) is 2. The maximum Gasteiger partial charge on any atom is 0.119 e. The number of para-hydroxylation sites is 3. The van der Waals surface area contributed by atoms with Gasteiger partial charge in [-0.1, -0.05) is 66.2 Å². The molecule has 0 amide bonds. The molecule has 3 aliphatic rings. The number of epoxide rings is 1. The first-order valence-electron chi connectivity index (χ1n) is 20.8. The molecule has 0 saturated carbocycles. The molecule has 4 atom stereocenters. The van der Waals surface area contributed by atoms with Gasteiger partial charge in [-0.15, -0.1) is 0 Å². The van der Waals surface area contributed by atoms with E-state index in [4.69, 9.17) is 41.0 Å². The summed E-state index contributed by atoms with van der Waals surface area (Å²) in [7, 11) is 0. The zero-order valence-electron chi connectivity index (χ0n) is 34.0. The van der Waals surface area contributed by atoms with Gasteiger partial charge in [0, 0.05) is 36.7 Å². The minimum Gasteiger partial charge on any atom is -0.491 e. The highest BCUT2D eigenvalue weighted by Gasteiger charge is 2.23. The molecule has 4 unspecified atom stereocenters. The lowest BCUT2D eigenvalue weighted by Crippen LogP contribution is -2.47. The van der Waals surface area contributed by atoms with Crippen LogP contribution in [0.15, 0.2) is 115 Å². The molecular weight excluding hydrogens is 772 g/mol. The Bertz CT molecular complexity index is 1650. The fourth-order valence-corrected chi connectivity index (χ4v) is 6.66. The minimum atomic E-state index is -0.573. The summed E-state index contributed by atoms with van der Waals surface area (Å²) < 4.78 is 27.1. The monoisotopic (exact) mass is 834 g/mol. The molecule has 59 heavy (non-hydrogen) atoms. The summed E-state index contributed by atoms with van der Waals surface area (Å²) in [6.07, 6.45) is 2.82. The van der Waals surface area contributed by atoms with Crippen molar-refractivity contribution in [2.75, 3.05) is 78.8 Å². The summed E-state index contributed by atoms with van der Waals surface area (Å²) in [5, 5.41) is 34.4. The zero-order valence-corrected chi connectivity index (χ0v) is 34.7. The predicted molar refractivity (Wildman–Crippen MR) is 232 cm³/mol. The summed E-state index contributed by atoms with van der Waals surface area (Å²) in [6.45, 7) is 7.96. The van der Waals surface area contributed by atoms with Crippen LogP contribution in [0, 0.1) is 0 Å². The highest BCUT2D eigenvalue weighted by molar-refractivity contribution is 6.30. The van der Waals surface area contributed by atoms with Crippen LogP contribution < -0.4 is 30.0 Å². The average Bonchev–Trinajstić information content (AvgIpc) is 4.11. The van der Waals surface area contributed by atoms with Crippen molar-refractivity contribution in [1.82, 2.24) is 15.1 Å².